The number of ketones is 1. The lowest BCUT2D eigenvalue weighted by molar-refractivity contribution is 0.101. The molecule has 2 atom stereocenters. The second-order valence-electron chi connectivity index (χ2n) is 5.60. The van der Waals surface area contributed by atoms with Crippen molar-refractivity contribution in [2.75, 3.05) is 5.75 Å². The molecule has 2 unspecified atom stereocenters. The second kappa shape index (κ2) is 6.04. The minimum atomic E-state index is -3.50. The van der Waals surface area contributed by atoms with Crippen LogP contribution >= 0.6 is 0 Å². The van der Waals surface area contributed by atoms with Gasteiger partial charge in [0.15, 0.2) is 15.6 Å². The quantitative estimate of drug-likeness (QED) is 0.803. The lowest BCUT2D eigenvalue weighted by Crippen LogP contribution is -2.32. The summed E-state index contributed by atoms with van der Waals surface area (Å²) in [5, 5.41) is -0.457. The van der Waals surface area contributed by atoms with Crippen LogP contribution in [0.5, 0.6) is 0 Å². The molecule has 0 radical (unpaired) electrons. The lowest BCUT2D eigenvalue weighted by Gasteiger charge is -2.26. The molecule has 1 aromatic rings. The number of carbonyl (C=O) groups excluding carboxylic acids is 1. The van der Waals surface area contributed by atoms with Gasteiger partial charge in [-0.1, -0.05) is 31.9 Å². The number of sulfone groups is 1. The van der Waals surface area contributed by atoms with Crippen molar-refractivity contribution in [3.63, 3.8) is 0 Å². The number of hydrogen-bond acceptors (Lipinski definition) is 3. The molecule has 1 aromatic carbocycles. The van der Waals surface area contributed by atoms with E-state index in [4.69, 9.17) is 0 Å². The van der Waals surface area contributed by atoms with Crippen LogP contribution < -0.4 is 0 Å². The Kier molecular flexibility index (Phi) is 4.58. The fourth-order valence-corrected chi connectivity index (χ4v) is 4.67. The van der Waals surface area contributed by atoms with Gasteiger partial charge in [0.2, 0.25) is 0 Å². The highest BCUT2D eigenvalue weighted by Gasteiger charge is 2.32. The molecule has 0 bridgehead atoms. The highest BCUT2D eigenvalue weighted by molar-refractivity contribution is 7.92. The molecule has 0 aromatic heterocycles. The van der Waals surface area contributed by atoms with Gasteiger partial charge in [0.1, 0.15) is 11.6 Å². The molecule has 0 heterocycles. The van der Waals surface area contributed by atoms with E-state index in [2.05, 4.69) is 0 Å². The van der Waals surface area contributed by atoms with E-state index in [1.54, 1.807) is 0 Å². The van der Waals surface area contributed by atoms with Crippen molar-refractivity contribution in [1.82, 2.24) is 0 Å². The van der Waals surface area contributed by atoms with Gasteiger partial charge in [-0.05, 0) is 30.9 Å². The number of carbonyl (C=O) groups is 1. The van der Waals surface area contributed by atoms with Crippen LogP contribution in [0.4, 0.5) is 4.39 Å². The third kappa shape index (κ3) is 3.45. The smallest absolute Gasteiger partial charge is 0.180 e. The number of Topliss-reactive ketones (excluding diaryl/α,β-unsaturated/α-hetero) is 1. The molecule has 0 saturated heterocycles. The Labute approximate surface area is 119 Å². The SMILES string of the molecule is CC1CCCC(S(=O)(=O)CC(=O)c2ccccc2F)C1. The Morgan fingerprint density at radius 2 is 2.00 bits per heavy atom. The minimum Gasteiger partial charge on any atom is -0.293 e. The van der Waals surface area contributed by atoms with E-state index in [0.29, 0.717) is 18.8 Å². The maximum absolute atomic E-state index is 13.5. The normalized spacial score (nSPS) is 23.5. The molecular formula is C15H19FO3S. The van der Waals surface area contributed by atoms with Crippen LogP contribution in [0.25, 0.3) is 0 Å². The first-order valence-electron chi connectivity index (χ1n) is 6.89. The summed E-state index contributed by atoms with van der Waals surface area (Å²) in [4.78, 5) is 12.0. The summed E-state index contributed by atoms with van der Waals surface area (Å²) in [6.45, 7) is 2.03. The Bertz CT molecular complexity index is 595. The standard InChI is InChI=1S/C15H19FO3S/c1-11-5-4-6-12(9-11)20(18,19)10-15(17)13-7-2-3-8-14(13)16/h2-3,7-8,11-12H,4-6,9-10H2,1H3. The average molecular weight is 298 g/mol. The zero-order valence-electron chi connectivity index (χ0n) is 11.5. The summed E-state index contributed by atoms with van der Waals surface area (Å²) in [5.41, 5.74) is -0.139. The molecule has 0 aliphatic heterocycles. The van der Waals surface area contributed by atoms with Gasteiger partial charge in [-0.2, -0.15) is 0 Å². The molecule has 0 N–H and O–H groups in total. The molecule has 0 spiro atoms. The van der Waals surface area contributed by atoms with Crippen LogP contribution in [0.3, 0.4) is 0 Å². The lowest BCUT2D eigenvalue weighted by atomic mass is 9.91. The van der Waals surface area contributed by atoms with E-state index in [0.717, 1.165) is 12.8 Å². The van der Waals surface area contributed by atoms with Gasteiger partial charge in [-0.15, -0.1) is 0 Å². The fourth-order valence-electron chi connectivity index (χ4n) is 2.77. The van der Waals surface area contributed by atoms with Gasteiger partial charge >= 0.3 is 0 Å². The molecule has 20 heavy (non-hydrogen) atoms. The van der Waals surface area contributed by atoms with Gasteiger partial charge in [-0.25, -0.2) is 12.8 Å². The third-order valence-corrected chi connectivity index (χ3v) is 6.01. The fraction of sp³-hybridized carbons (Fsp3) is 0.533. The predicted octanol–water partition coefficient (Wildman–Crippen LogP) is 3.00. The van der Waals surface area contributed by atoms with E-state index < -0.39 is 32.4 Å². The average Bonchev–Trinajstić information content (AvgIpc) is 2.38. The maximum Gasteiger partial charge on any atom is 0.180 e. The molecular weight excluding hydrogens is 279 g/mol. The van der Waals surface area contributed by atoms with Gasteiger partial charge in [0.05, 0.1) is 10.8 Å². The summed E-state index contributed by atoms with van der Waals surface area (Å²) in [6.07, 6.45) is 3.12. The molecule has 2 rings (SSSR count). The van der Waals surface area contributed by atoms with E-state index >= 15 is 0 Å². The second-order valence-corrected chi connectivity index (χ2v) is 7.89. The van der Waals surface area contributed by atoms with Crippen LogP contribution in [-0.2, 0) is 9.84 Å². The Hall–Kier alpha value is -1.23. The summed E-state index contributed by atoms with van der Waals surface area (Å²) >= 11 is 0. The van der Waals surface area contributed by atoms with Crippen LogP contribution in [0.2, 0.25) is 0 Å². The van der Waals surface area contributed by atoms with Crippen LogP contribution in [0, 0.1) is 11.7 Å². The molecule has 1 aliphatic carbocycles. The van der Waals surface area contributed by atoms with Crippen molar-refractivity contribution in [2.24, 2.45) is 5.92 Å². The van der Waals surface area contributed by atoms with Crippen molar-refractivity contribution in [2.45, 2.75) is 37.9 Å². The minimum absolute atomic E-state index is 0.139. The van der Waals surface area contributed by atoms with Crippen molar-refractivity contribution in [1.29, 1.82) is 0 Å². The summed E-state index contributed by atoms with van der Waals surface area (Å²) in [7, 11) is -3.50. The van der Waals surface area contributed by atoms with Crippen LogP contribution in [0.1, 0.15) is 43.0 Å². The van der Waals surface area contributed by atoms with Crippen LogP contribution in [-0.4, -0.2) is 25.2 Å². The summed E-state index contributed by atoms with van der Waals surface area (Å²) < 4.78 is 38.1. The molecule has 110 valence electrons. The number of halogens is 1. The molecule has 1 saturated carbocycles. The first-order valence-corrected chi connectivity index (χ1v) is 8.61. The number of rotatable bonds is 4. The summed E-state index contributed by atoms with van der Waals surface area (Å²) in [6, 6.07) is 5.51. The van der Waals surface area contributed by atoms with Gasteiger partial charge in [-0.3, -0.25) is 4.79 Å². The highest BCUT2D eigenvalue weighted by Crippen LogP contribution is 2.29. The Morgan fingerprint density at radius 3 is 2.65 bits per heavy atom. The Morgan fingerprint density at radius 1 is 1.30 bits per heavy atom. The third-order valence-electron chi connectivity index (χ3n) is 3.90. The number of benzene rings is 1. The van der Waals surface area contributed by atoms with E-state index in [1.165, 1.54) is 24.3 Å². The molecule has 3 nitrogen and oxygen atoms in total. The zero-order chi connectivity index (χ0) is 14.8. The first kappa shape index (κ1) is 15.2. The van der Waals surface area contributed by atoms with Crippen molar-refractivity contribution < 1.29 is 17.6 Å². The van der Waals surface area contributed by atoms with E-state index in [-0.39, 0.29) is 5.56 Å². The molecule has 1 fully saturated rings. The summed E-state index contributed by atoms with van der Waals surface area (Å²) in [5.74, 6) is -1.54. The molecule has 0 amide bonds. The molecule has 1 aliphatic rings. The van der Waals surface area contributed by atoms with Gasteiger partial charge < -0.3 is 0 Å². The van der Waals surface area contributed by atoms with Crippen LogP contribution in [0.15, 0.2) is 24.3 Å². The van der Waals surface area contributed by atoms with Gasteiger partial charge in [0.25, 0.3) is 0 Å². The largest absolute Gasteiger partial charge is 0.293 e. The molecule has 5 heteroatoms. The van der Waals surface area contributed by atoms with E-state index in [1.807, 2.05) is 6.92 Å². The maximum atomic E-state index is 13.5. The van der Waals surface area contributed by atoms with Gasteiger partial charge in [0, 0.05) is 0 Å². The monoisotopic (exact) mass is 298 g/mol. The highest BCUT2D eigenvalue weighted by atomic mass is 32.2. The Balaban J connectivity index is 2.12. The van der Waals surface area contributed by atoms with Crippen molar-refractivity contribution in [3.05, 3.63) is 35.6 Å². The first-order chi connectivity index (χ1) is 9.40. The van der Waals surface area contributed by atoms with Crippen molar-refractivity contribution in [3.8, 4) is 0 Å². The van der Waals surface area contributed by atoms with Crippen molar-refractivity contribution >= 4 is 15.6 Å². The number of hydrogen-bond donors (Lipinski definition) is 0. The zero-order valence-corrected chi connectivity index (χ0v) is 12.3. The van der Waals surface area contributed by atoms with E-state index in [9.17, 15) is 17.6 Å². The topological polar surface area (TPSA) is 51.2 Å². The predicted molar refractivity (Wildman–Crippen MR) is 75.9 cm³/mol.